The molecule has 0 spiro atoms. The lowest BCUT2D eigenvalue weighted by Gasteiger charge is -2.28. The van der Waals surface area contributed by atoms with Gasteiger partial charge in [0.25, 0.3) is 11.5 Å². The predicted octanol–water partition coefficient (Wildman–Crippen LogP) is 3.19. The normalized spacial score (nSPS) is 18.6. The minimum absolute atomic E-state index is 0.0106. The Labute approximate surface area is 212 Å². The Morgan fingerprint density at radius 2 is 2.06 bits per heavy atom. The van der Waals surface area contributed by atoms with Crippen LogP contribution in [-0.2, 0) is 27.9 Å². The van der Waals surface area contributed by atoms with Gasteiger partial charge < -0.3 is 15.0 Å². The van der Waals surface area contributed by atoms with Crippen LogP contribution >= 0.6 is 22.9 Å². The molecule has 188 valence electrons. The van der Waals surface area contributed by atoms with Crippen molar-refractivity contribution in [2.45, 2.75) is 44.9 Å². The standard InChI is InChI=1S/C23H27ClN4O5S2/c1-35(31,32)28-18-7-5-14(6-8-18)11-33-12-16-13-34-23-19(16)21(29)26-20(27-23)22(30)25-10-15-3-2-4-17(24)9-15/h2-4,9,13-14,18,28H,5-8,10-12H2,1H3,(H,25,30)(H,26,27,29). The van der Waals surface area contributed by atoms with Gasteiger partial charge in [-0.3, -0.25) is 9.59 Å². The average molecular weight is 539 g/mol. The monoisotopic (exact) mass is 538 g/mol. The van der Waals surface area contributed by atoms with Crippen LogP contribution in [0.4, 0.5) is 0 Å². The third-order valence-electron chi connectivity index (χ3n) is 5.92. The first-order valence-corrected chi connectivity index (χ1v) is 14.4. The molecule has 35 heavy (non-hydrogen) atoms. The zero-order valence-corrected chi connectivity index (χ0v) is 21.6. The fourth-order valence-electron chi connectivity index (χ4n) is 4.22. The number of H-pyrrole nitrogens is 1. The van der Waals surface area contributed by atoms with Crippen LogP contribution in [0.5, 0.6) is 0 Å². The van der Waals surface area contributed by atoms with E-state index in [1.165, 1.54) is 17.6 Å². The summed E-state index contributed by atoms with van der Waals surface area (Å²) in [4.78, 5) is 32.6. The van der Waals surface area contributed by atoms with E-state index >= 15 is 0 Å². The van der Waals surface area contributed by atoms with Gasteiger partial charge in [0.1, 0.15) is 4.83 Å². The molecule has 1 fully saturated rings. The summed E-state index contributed by atoms with van der Waals surface area (Å²) in [7, 11) is -3.19. The Morgan fingerprint density at radius 3 is 2.77 bits per heavy atom. The molecule has 1 aromatic carbocycles. The number of aromatic amines is 1. The van der Waals surface area contributed by atoms with E-state index in [9.17, 15) is 18.0 Å². The van der Waals surface area contributed by atoms with Crippen LogP contribution in [0, 0.1) is 5.92 Å². The van der Waals surface area contributed by atoms with E-state index < -0.39 is 15.9 Å². The predicted molar refractivity (Wildman–Crippen MR) is 136 cm³/mol. The number of ether oxygens (including phenoxy) is 1. The molecule has 0 saturated heterocycles. The van der Waals surface area contributed by atoms with E-state index in [2.05, 4.69) is 20.0 Å². The minimum atomic E-state index is -3.19. The number of fused-ring (bicyclic) bond motifs is 1. The summed E-state index contributed by atoms with van der Waals surface area (Å²) < 4.78 is 31.3. The molecule has 3 N–H and O–H groups in total. The summed E-state index contributed by atoms with van der Waals surface area (Å²) in [6, 6.07) is 7.14. The molecule has 1 amide bonds. The van der Waals surface area contributed by atoms with Crippen LogP contribution in [0.1, 0.15) is 47.4 Å². The van der Waals surface area contributed by atoms with Gasteiger partial charge in [0.05, 0.1) is 18.2 Å². The second-order valence-corrected chi connectivity index (χ2v) is 11.9. The summed E-state index contributed by atoms with van der Waals surface area (Å²) in [5.74, 6) is -0.168. The molecular formula is C23H27ClN4O5S2. The van der Waals surface area contributed by atoms with Gasteiger partial charge in [-0.1, -0.05) is 23.7 Å². The highest BCUT2D eigenvalue weighted by Crippen LogP contribution is 2.26. The van der Waals surface area contributed by atoms with Crippen LogP contribution < -0.4 is 15.6 Å². The summed E-state index contributed by atoms with van der Waals surface area (Å²) in [6.07, 6.45) is 4.52. The highest BCUT2D eigenvalue weighted by atomic mass is 35.5. The molecule has 9 nitrogen and oxygen atoms in total. The van der Waals surface area contributed by atoms with Gasteiger partial charge in [-0.25, -0.2) is 18.1 Å². The van der Waals surface area contributed by atoms with E-state index in [4.69, 9.17) is 16.3 Å². The first-order chi connectivity index (χ1) is 16.7. The molecule has 2 heterocycles. The molecule has 4 rings (SSSR count). The number of carbonyl (C=O) groups excluding carboxylic acids is 1. The Balaban J connectivity index is 1.31. The molecule has 1 aliphatic rings. The number of carbonyl (C=O) groups is 1. The third-order valence-corrected chi connectivity index (χ3v) is 7.83. The second-order valence-electron chi connectivity index (χ2n) is 8.79. The van der Waals surface area contributed by atoms with Gasteiger partial charge in [0.2, 0.25) is 15.8 Å². The topological polar surface area (TPSA) is 130 Å². The number of nitrogens with one attached hydrogen (secondary N) is 3. The fourth-order valence-corrected chi connectivity index (χ4v) is 6.20. The van der Waals surface area contributed by atoms with E-state index in [1.54, 1.807) is 18.2 Å². The van der Waals surface area contributed by atoms with Crippen molar-refractivity contribution >= 4 is 49.1 Å². The van der Waals surface area contributed by atoms with Crippen LogP contribution in [0.15, 0.2) is 34.4 Å². The molecule has 0 bridgehead atoms. The van der Waals surface area contributed by atoms with Crippen molar-refractivity contribution in [1.82, 2.24) is 20.0 Å². The van der Waals surface area contributed by atoms with Crippen LogP contribution in [0.25, 0.3) is 10.2 Å². The third kappa shape index (κ3) is 7.11. The average Bonchev–Trinajstić information content (AvgIpc) is 3.21. The Morgan fingerprint density at radius 1 is 1.29 bits per heavy atom. The number of rotatable bonds is 9. The van der Waals surface area contributed by atoms with Crippen molar-refractivity contribution in [2.75, 3.05) is 12.9 Å². The largest absolute Gasteiger partial charge is 0.376 e. The number of benzene rings is 1. The minimum Gasteiger partial charge on any atom is -0.376 e. The smallest absolute Gasteiger partial charge is 0.287 e. The van der Waals surface area contributed by atoms with Gasteiger partial charge in [-0.15, -0.1) is 11.3 Å². The van der Waals surface area contributed by atoms with Crippen molar-refractivity contribution in [2.24, 2.45) is 5.92 Å². The number of halogens is 1. The number of nitrogens with zero attached hydrogens (tertiary/aromatic N) is 1. The highest BCUT2D eigenvalue weighted by molar-refractivity contribution is 7.88. The van der Waals surface area contributed by atoms with Gasteiger partial charge in [0.15, 0.2) is 0 Å². The van der Waals surface area contributed by atoms with Gasteiger partial charge in [-0.2, -0.15) is 0 Å². The Bertz CT molecular complexity index is 1360. The first kappa shape index (κ1) is 25.8. The lowest BCUT2D eigenvalue weighted by molar-refractivity contribution is 0.0719. The van der Waals surface area contributed by atoms with Crippen molar-refractivity contribution in [3.8, 4) is 0 Å². The SMILES string of the molecule is CS(=O)(=O)NC1CCC(COCc2csc3nc(C(=O)NCc4cccc(Cl)c4)[nH]c(=O)c23)CC1. The van der Waals surface area contributed by atoms with Crippen molar-refractivity contribution in [1.29, 1.82) is 0 Å². The zero-order chi connectivity index (χ0) is 25.0. The molecule has 0 atom stereocenters. The van der Waals surface area contributed by atoms with E-state index in [-0.39, 0.29) is 30.6 Å². The molecular weight excluding hydrogens is 512 g/mol. The number of sulfonamides is 1. The summed E-state index contributed by atoms with van der Waals surface area (Å²) >= 11 is 7.26. The number of amides is 1. The maximum Gasteiger partial charge on any atom is 0.287 e. The zero-order valence-electron chi connectivity index (χ0n) is 19.2. The Kier molecular flexibility index (Phi) is 8.23. The maximum atomic E-state index is 12.7. The van der Waals surface area contributed by atoms with Crippen molar-refractivity contribution in [3.63, 3.8) is 0 Å². The number of thiophene rings is 1. The second kappa shape index (κ2) is 11.2. The van der Waals surface area contributed by atoms with E-state index in [0.717, 1.165) is 36.8 Å². The number of hydrogen-bond acceptors (Lipinski definition) is 7. The quantitative estimate of drug-likeness (QED) is 0.383. The molecule has 0 unspecified atom stereocenters. The lowest BCUT2D eigenvalue weighted by Crippen LogP contribution is -2.37. The van der Waals surface area contributed by atoms with Crippen LogP contribution in [-0.4, -0.2) is 43.2 Å². The highest BCUT2D eigenvalue weighted by Gasteiger charge is 2.23. The first-order valence-electron chi connectivity index (χ1n) is 11.3. The molecule has 3 aromatic rings. The molecule has 12 heteroatoms. The number of aromatic nitrogens is 2. The van der Waals surface area contributed by atoms with Gasteiger partial charge in [0, 0.05) is 29.8 Å². The maximum absolute atomic E-state index is 12.7. The Hall–Kier alpha value is -2.31. The summed E-state index contributed by atoms with van der Waals surface area (Å²) in [5.41, 5.74) is 1.19. The molecule has 0 aliphatic heterocycles. The lowest BCUT2D eigenvalue weighted by atomic mass is 9.87. The van der Waals surface area contributed by atoms with Crippen molar-refractivity contribution < 1.29 is 17.9 Å². The molecule has 0 radical (unpaired) electrons. The van der Waals surface area contributed by atoms with E-state index in [0.29, 0.717) is 27.8 Å². The van der Waals surface area contributed by atoms with Crippen molar-refractivity contribution in [3.05, 3.63) is 62.0 Å². The van der Waals surface area contributed by atoms with Crippen LogP contribution in [0.3, 0.4) is 0 Å². The summed E-state index contributed by atoms with van der Waals surface area (Å²) in [6.45, 7) is 1.07. The molecule has 1 aliphatic carbocycles. The van der Waals surface area contributed by atoms with Gasteiger partial charge >= 0.3 is 0 Å². The van der Waals surface area contributed by atoms with Crippen LogP contribution in [0.2, 0.25) is 5.02 Å². The molecule has 2 aromatic heterocycles. The molecule has 1 saturated carbocycles. The fraction of sp³-hybridized carbons (Fsp3) is 0.435. The van der Waals surface area contributed by atoms with Gasteiger partial charge in [-0.05, 0) is 54.7 Å². The van der Waals surface area contributed by atoms with E-state index in [1.807, 2.05) is 11.4 Å². The summed E-state index contributed by atoms with van der Waals surface area (Å²) in [5, 5.41) is 5.58. The number of hydrogen-bond donors (Lipinski definition) is 3.